The molecule has 0 amide bonds. The lowest BCUT2D eigenvalue weighted by Crippen LogP contribution is -2.18. The molecule has 2 aromatic carbocycles. The lowest BCUT2D eigenvalue weighted by molar-refractivity contribution is 0.723. The van der Waals surface area contributed by atoms with Crippen LogP contribution in [0.5, 0.6) is 0 Å². The highest BCUT2D eigenvalue weighted by atomic mass is 35.5. The standard InChI is InChI=1S/C21H18N4.ClH/c22-15-20-18(12-7-13-24-20)21(23)25-19(17-10-5-2-6-11-17)14-16-8-3-1-4-9-16;/h1-13,19H,14H2,(H2,23,25);1H. The fourth-order valence-electron chi connectivity index (χ4n) is 2.69. The highest BCUT2D eigenvalue weighted by Crippen LogP contribution is 2.23. The first-order valence-electron chi connectivity index (χ1n) is 8.05. The van der Waals surface area contributed by atoms with Crippen molar-refractivity contribution in [3.05, 3.63) is 101 Å². The van der Waals surface area contributed by atoms with Crippen molar-refractivity contribution in [2.45, 2.75) is 12.5 Å². The van der Waals surface area contributed by atoms with Crippen molar-refractivity contribution in [3.63, 3.8) is 0 Å². The third-order valence-corrected chi connectivity index (χ3v) is 3.94. The molecule has 0 saturated heterocycles. The average molecular weight is 363 g/mol. The summed E-state index contributed by atoms with van der Waals surface area (Å²) in [5.41, 5.74) is 9.34. The molecule has 0 radical (unpaired) electrons. The summed E-state index contributed by atoms with van der Waals surface area (Å²) in [6.45, 7) is 0. The molecule has 0 fully saturated rings. The van der Waals surface area contributed by atoms with Gasteiger partial charge in [-0.2, -0.15) is 5.26 Å². The monoisotopic (exact) mass is 362 g/mol. The number of nitrogens with zero attached hydrogens (tertiary/aromatic N) is 3. The second-order valence-electron chi connectivity index (χ2n) is 5.64. The quantitative estimate of drug-likeness (QED) is 0.549. The Morgan fingerprint density at radius 3 is 2.31 bits per heavy atom. The first kappa shape index (κ1) is 19.2. The van der Waals surface area contributed by atoms with E-state index in [2.05, 4.69) is 23.2 Å². The molecular formula is C21H19ClN4. The summed E-state index contributed by atoms with van der Waals surface area (Å²) in [5, 5.41) is 9.23. The summed E-state index contributed by atoms with van der Waals surface area (Å²) in [6.07, 6.45) is 2.31. The molecule has 1 aromatic heterocycles. The van der Waals surface area contributed by atoms with Crippen LogP contribution in [-0.4, -0.2) is 10.8 Å². The van der Waals surface area contributed by atoms with E-state index in [1.165, 1.54) is 5.56 Å². The first-order chi connectivity index (χ1) is 12.3. The summed E-state index contributed by atoms with van der Waals surface area (Å²) < 4.78 is 0. The Hall–Kier alpha value is -3.16. The zero-order chi connectivity index (χ0) is 17.5. The largest absolute Gasteiger partial charge is 0.383 e. The Morgan fingerprint density at radius 1 is 1.00 bits per heavy atom. The second kappa shape index (κ2) is 9.36. The van der Waals surface area contributed by atoms with Gasteiger partial charge in [-0.15, -0.1) is 12.4 Å². The molecule has 0 bridgehead atoms. The molecule has 26 heavy (non-hydrogen) atoms. The van der Waals surface area contributed by atoms with Gasteiger partial charge < -0.3 is 5.73 Å². The van der Waals surface area contributed by atoms with Gasteiger partial charge in [0.15, 0.2) is 5.69 Å². The van der Waals surface area contributed by atoms with Gasteiger partial charge in [-0.1, -0.05) is 60.7 Å². The molecule has 3 rings (SSSR count). The number of hydrogen-bond acceptors (Lipinski definition) is 3. The van der Waals surface area contributed by atoms with Gasteiger partial charge in [0.25, 0.3) is 0 Å². The zero-order valence-corrected chi connectivity index (χ0v) is 14.9. The van der Waals surface area contributed by atoms with Crippen LogP contribution in [0.15, 0.2) is 84.0 Å². The molecule has 0 spiro atoms. The van der Waals surface area contributed by atoms with E-state index in [9.17, 15) is 5.26 Å². The Bertz CT molecular complexity index is 902. The zero-order valence-electron chi connectivity index (χ0n) is 14.1. The van der Waals surface area contributed by atoms with Crippen LogP contribution in [0.4, 0.5) is 0 Å². The van der Waals surface area contributed by atoms with Crippen molar-refractivity contribution in [1.82, 2.24) is 4.98 Å². The van der Waals surface area contributed by atoms with E-state index in [1.807, 2.05) is 48.5 Å². The topological polar surface area (TPSA) is 75.1 Å². The molecular weight excluding hydrogens is 344 g/mol. The van der Waals surface area contributed by atoms with Gasteiger partial charge >= 0.3 is 0 Å². The number of amidine groups is 1. The van der Waals surface area contributed by atoms with Crippen LogP contribution in [0.3, 0.4) is 0 Å². The molecule has 3 aromatic rings. The third kappa shape index (κ3) is 4.69. The molecule has 130 valence electrons. The average Bonchev–Trinajstić information content (AvgIpc) is 2.69. The Kier molecular flexibility index (Phi) is 6.90. The number of aliphatic imine (C=N–C) groups is 1. The van der Waals surface area contributed by atoms with Crippen LogP contribution < -0.4 is 5.73 Å². The minimum atomic E-state index is -0.129. The number of pyridine rings is 1. The van der Waals surface area contributed by atoms with Crippen LogP contribution in [0, 0.1) is 11.3 Å². The van der Waals surface area contributed by atoms with Crippen molar-refractivity contribution >= 4 is 18.2 Å². The molecule has 0 aliphatic carbocycles. The molecule has 1 unspecified atom stereocenters. The predicted molar refractivity (Wildman–Crippen MR) is 106 cm³/mol. The summed E-state index contributed by atoms with van der Waals surface area (Å²) >= 11 is 0. The molecule has 1 atom stereocenters. The minimum Gasteiger partial charge on any atom is -0.383 e. The molecule has 1 heterocycles. The van der Waals surface area contributed by atoms with Crippen LogP contribution in [-0.2, 0) is 6.42 Å². The fraction of sp³-hybridized carbons (Fsp3) is 0.0952. The van der Waals surface area contributed by atoms with Gasteiger partial charge in [0.2, 0.25) is 0 Å². The maximum absolute atomic E-state index is 9.23. The van der Waals surface area contributed by atoms with Gasteiger partial charge in [-0.05, 0) is 29.7 Å². The molecule has 0 aliphatic rings. The van der Waals surface area contributed by atoms with Gasteiger partial charge in [-0.3, -0.25) is 4.99 Å². The summed E-state index contributed by atoms with van der Waals surface area (Å²) in [5.74, 6) is 0.328. The van der Waals surface area contributed by atoms with E-state index in [1.54, 1.807) is 18.3 Å². The number of benzene rings is 2. The summed E-state index contributed by atoms with van der Waals surface area (Å²) in [4.78, 5) is 8.78. The number of halogens is 1. The molecule has 2 N–H and O–H groups in total. The van der Waals surface area contributed by atoms with Gasteiger partial charge in [0.1, 0.15) is 11.9 Å². The van der Waals surface area contributed by atoms with E-state index in [0.717, 1.165) is 12.0 Å². The molecule has 4 nitrogen and oxygen atoms in total. The maximum atomic E-state index is 9.23. The lowest BCUT2D eigenvalue weighted by atomic mass is 9.99. The second-order valence-corrected chi connectivity index (χ2v) is 5.64. The number of rotatable bonds is 5. The van der Waals surface area contributed by atoms with E-state index < -0.39 is 0 Å². The smallest absolute Gasteiger partial charge is 0.151 e. The molecule has 5 heteroatoms. The summed E-state index contributed by atoms with van der Waals surface area (Å²) in [7, 11) is 0. The molecule has 0 saturated carbocycles. The van der Waals surface area contributed by atoms with E-state index in [4.69, 9.17) is 10.7 Å². The van der Waals surface area contributed by atoms with Crippen molar-refractivity contribution in [2.24, 2.45) is 10.7 Å². The van der Waals surface area contributed by atoms with Crippen LogP contribution in [0.25, 0.3) is 0 Å². The van der Waals surface area contributed by atoms with Crippen LogP contribution in [0.2, 0.25) is 0 Å². The van der Waals surface area contributed by atoms with Gasteiger partial charge in [0, 0.05) is 6.20 Å². The van der Waals surface area contributed by atoms with Gasteiger partial charge in [0.05, 0.1) is 11.6 Å². The maximum Gasteiger partial charge on any atom is 0.151 e. The Morgan fingerprint density at radius 2 is 1.65 bits per heavy atom. The number of nitriles is 1. The van der Waals surface area contributed by atoms with Crippen LogP contribution >= 0.6 is 12.4 Å². The SMILES string of the molecule is Cl.N#Cc1ncccc1/C(N)=N/C(Cc1ccccc1)c1ccccc1. The first-order valence-corrected chi connectivity index (χ1v) is 8.05. The normalized spacial score (nSPS) is 11.9. The number of nitrogens with two attached hydrogens (primary N) is 1. The highest BCUT2D eigenvalue weighted by molar-refractivity contribution is 5.99. The third-order valence-electron chi connectivity index (χ3n) is 3.94. The van der Waals surface area contributed by atoms with Crippen LogP contribution in [0.1, 0.15) is 28.4 Å². The predicted octanol–water partition coefficient (Wildman–Crippen LogP) is 4.06. The number of aromatic nitrogens is 1. The van der Waals surface area contributed by atoms with Crippen molar-refractivity contribution in [3.8, 4) is 6.07 Å². The summed E-state index contributed by atoms with van der Waals surface area (Å²) in [6, 6.07) is 25.7. The fourth-order valence-corrected chi connectivity index (χ4v) is 2.69. The van der Waals surface area contributed by atoms with E-state index in [0.29, 0.717) is 11.4 Å². The van der Waals surface area contributed by atoms with E-state index >= 15 is 0 Å². The van der Waals surface area contributed by atoms with Crippen molar-refractivity contribution in [2.75, 3.05) is 0 Å². The Labute approximate surface area is 159 Å². The van der Waals surface area contributed by atoms with E-state index in [-0.39, 0.29) is 24.1 Å². The molecule has 0 aliphatic heterocycles. The number of hydrogen-bond donors (Lipinski definition) is 1. The van der Waals surface area contributed by atoms with Crippen molar-refractivity contribution in [1.29, 1.82) is 5.26 Å². The lowest BCUT2D eigenvalue weighted by Gasteiger charge is -2.15. The van der Waals surface area contributed by atoms with Gasteiger partial charge in [-0.25, -0.2) is 4.98 Å². The highest BCUT2D eigenvalue weighted by Gasteiger charge is 2.14. The van der Waals surface area contributed by atoms with Crippen molar-refractivity contribution < 1.29 is 0 Å². The Balaban J connectivity index is 0.00000243. The minimum absolute atomic E-state index is 0.